The zero-order valence-corrected chi connectivity index (χ0v) is 8.89. The van der Waals surface area contributed by atoms with Crippen LogP contribution in [0.5, 0.6) is 0 Å². The molecule has 2 aliphatic rings. The molecule has 0 saturated carbocycles. The fourth-order valence-corrected chi connectivity index (χ4v) is 2.82. The maximum atomic E-state index is 5.43. The summed E-state index contributed by atoms with van der Waals surface area (Å²) in [5.41, 5.74) is 0. The van der Waals surface area contributed by atoms with Gasteiger partial charge in [-0.15, -0.1) is 0 Å². The molecule has 0 aromatic carbocycles. The van der Waals surface area contributed by atoms with Crippen LogP contribution in [0.4, 0.5) is 0 Å². The van der Waals surface area contributed by atoms with Crippen molar-refractivity contribution in [2.24, 2.45) is 0 Å². The molecule has 1 unspecified atom stereocenters. The molecule has 2 fully saturated rings. The lowest BCUT2D eigenvalue weighted by atomic mass is 10.3. The first-order chi connectivity index (χ1) is 6.36. The van der Waals surface area contributed by atoms with E-state index in [0.717, 1.165) is 19.8 Å². The first-order valence-electron chi connectivity index (χ1n) is 4.91. The Morgan fingerprint density at radius 1 is 1.38 bits per heavy atom. The molecule has 0 radical (unpaired) electrons. The van der Waals surface area contributed by atoms with Crippen LogP contribution in [0.15, 0.2) is 0 Å². The number of hydrogen-bond acceptors (Lipinski definition) is 4. The highest BCUT2D eigenvalue weighted by molar-refractivity contribution is 7.99. The van der Waals surface area contributed by atoms with E-state index in [0.29, 0.717) is 6.04 Å². The Labute approximate surface area is 83.8 Å². The highest BCUT2D eigenvalue weighted by Gasteiger charge is 2.24. The van der Waals surface area contributed by atoms with Crippen molar-refractivity contribution < 1.29 is 9.47 Å². The van der Waals surface area contributed by atoms with Crippen molar-refractivity contribution in [1.29, 1.82) is 0 Å². The highest BCUT2D eigenvalue weighted by Crippen LogP contribution is 2.17. The average Bonchev–Trinajstić information content (AvgIpc) is 2.61. The minimum Gasteiger partial charge on any atom is -0.349 e. The maximum absolute atomic E-state index is 5.43. The van der Waals surface area contributed by atoms with E-state index in [9.17, 15) is 0 Å². The van der Waals surface area contributed by atoms with Crippen molar-refractivity contribution >= 4 is 11.8 Å². The van der Waals surface area contributed by atoms with E-state index in [-0.39, 0.29) is 6.29 Å². The van der Waals surface area contributed by atoms with Gasteiger partial charge in [-0.1, -0.05) is 0 Å². The van der Waals surface area contributed by atoms with Gasteiger partial charge in [0.05, 0.1) is 13.2 Å². The van der Waals surface area contributed by atoms with E-state index in [1.807, 2.05) is 11.8 Å². The second-order valence-electron chi connectivity index (χ2n) is 3.59. The smallest absolute Gasteiger partial charge is 0.170 e. The van der Waals surface area contributed by atoms with E-state index >= 15 is 0 Å². The number of hydrogen-bond donors (Lipinski definition) is 0. The Hall–Kier alpha value is 0.230. The fraction of sp³-hybridized carbons (Fsp3) is 1.00. The van der Waals surface area contributed by atoms with Gasteiger partial charge in [0.25, 0.3) is 0 Å². The molecule has 2 heterocycles. The van der Waals surface area contributed by atoms with Crippen LogP contribution >= 0.6 is 11.8 Å². The lowest BCUT2D eigenvalue weighted by molar-refractivity contribution is -0.0657. The number of thioether (sulfide) groups is 1. The van der Waals surface area contributed by atoms with Crippen LogP contribution in [0.25, 0.3) is 0 Å². The zero-order chi connectivity index (χ0) is 9.10. The number of nitrogens with zero attached hydrogens (tertiary/aromatic N) is 1. The molecule has 2 rings (SSSR count). The SMILES string of the molecule is CC1CSCCN1CC1OCCO1. The minimum absolute atomic E-state index is 0.0329. The maximum Gasteiger partial charge on any atom is 0.170 e. The predicted molar refractivity (Wildman–Crippen MR) is 54.1 cm³/mol. The summed E-state index contributed by atoms with van der Waals surface area (Å²) in [6, 6.07) is 0.673. The molecule has 4 heteroatoms. The molecular formula is C9H17NO2S. The summed E-state index contributed by atoms with van der Waals surface area (Å²) in [5.74, 6) is 2.49. The van der Waals surface area contributed by atoms with Gasteiger partial charge in [-0.25, -0.2) is 0 Å². The topological polar surface area (TPSA) is 21.7 Å². The summed E-state index contributed by atoms with van der Waals surface area (Å²) < 4.78 is 10.9. The molecular weight excluding hydrogens is 186 g/mol. The van der Waals surface area contributed by atoms with Gasteiger partial charge in [0.2, 0.25) is 0 Å². The molecule has 0 spiro atoms. The molecule has 76 valence electrons. The van der Waals surface area contributed by atoms with Crippen LogP contribution in [0.3, 0.4) is 0 Å². The summed E-state index contributed by atoms with van der Waals surface area (Å²) in [6.45, 7) is 5.93. The Bertz CT molecular complexity index is 162. The van der Waals surface area contributed by atoms with Crippen molar-refractivity contribution in [1.82, 2.24) is 4.90 Å². The normalized spacial score (nSPS) is 32.5. The van der Waals surface area contributed by atoms with Crippen LogP contribution in [-0.2, 0) is 9.47 Å². The van der Waals surface area contributed by atoms with E-state index in [4.69, 9.17) is 9.47 Å². The second kappa shape index (κ2) is 4.64. The van der Waals surface area contributed by atoms with Crippen molar-refractivity contribution in [3.05, 3.63) is 0 Å². The quantitative estimate of drug-likeness (QED) is 0.661. The summed E-state index contributed by atoms with van der Waals surface area (Å²) in [7, 11) is 0. The van der Waals surface area contributed by atoms with Gasteiger partial charge >= 0.3 is 0 Å². The van der Waals surface area contributed by atoms with Crippen LogP contribution in [-0.4, -0.2) is 55.0 Å². The van der Waals surface area contributed by atoms with E-state index < -0.39 is 0 Å². The molecule has 0 aliphatic carbocycles. The third-order valence-corrected chi connectivity index (χ3v) is 3.77. The number of ether oxygens (including phenoxy) is 2. The summed E-state index contributed by atoms with van der Waals surface area (Å²) in [6.07, 6.45) is 0.0329. The number of rotatable bonds is 2. The van der Waals surface area contributed by atoms with Crippen LogP contribution in [0.2, 0.25) is 0 Å². The van der Waals surface area contributed by atoms with Gasteiger partial charge in [-0.05, 0) is 6.92 Å². The monoisotopic (exact) mass is 203 g/mol. The standard InChI is InChI=1S/C9H17NO2S/c1-8-7-13-5-2-10(8)6-9-11-3-4-12-9/h8-9H,2-7H2,1H3. The first kappa shape index (κ1) is 9.77. The summed E-state index contributed by atoms with van der Waals surface area (Å²) in [4.78, 5) is 2.46. The van der Waals surface area contributed by atoms with Gasteiger partial charge in [-0.2, -0.15) is 11.8 Å². The molecule has 0 aromatic rings. The molecule has 1 atom stereocenters. The molecule has 0 aromatic heterocycles. The molecule has 3 nitrogen and oxygen atoms in total. The Morgan fingerprint density at radius 3 is 2.85 bits per heavy atom. The predicted octanol–water partition coefficient (Wildman–Crippen LogP) is 0.797. The minimum atomic E-state index is 0.0329. The molecule has 2 aliphatic heterocycles. The molecule has 0 N–H and O–H groups in total. The highest BCUT2D eigenvalue weighted by atomic mass is 32.2. The third-order valence-electron chi connectivity index (χ3n) is 2.58. The Balaban J connectivity index is 1.78. The molecule has 0 bridgehead atoms. The van der Waals surface area contributed by atoms with Crippen molar-refractivity contribution in [2.45, 2.75) is 19.3 Å². The van der Waals surface area contributed by atoms with E-state index in [1.54, 1.807) is 0 Å². The summed E-state index contributed by atoms with van der Waals surface area (Å²) in [5, 5.41) is 0. The van der Waals surface area contributed by atoms with Crippen LogP contribution in [0.1, 0.15) is 6.92 Å². The van der Waals surface area contributed by atoms with Crippen LogP contribution in [0, 0.1) is 0 Å². The summed E-state index contributed by atoms with van der Waals surface area (Å²) >= 11 is 2.04. The Kier molecular flexibility index (Phi) is 3.49. The van der Waals surface area contributed by atoms with E-state index in [1.165, 1.54) is 18.1 Å². The third kappa shape index (κ3) is 2.59. The molecule has 2 saturated heterocycles. The lowest BCUT2D eigenvalue weighted by Crippen LogP contribution is -2.44. The van der Waals surface area contributed by atoms with Crippen molar-refractivity contribution in [2.75, 3.05) is 37.8 Å². The van der Waals surface area contributed by atoms with Crippen molar-refractivity contribution in [3.63, 3.8) is 0 Å². The zero-order valence-electron chi connectivity index (χ0n) is 8.07. The largest absolute Gasteiger partial charge is 0.349 e. The van der Waals surface area contributed by atoms with E-state index in [2.05, 4.69) is 11.8 Å². The van der Waals surface area contributed by atoms with Gasteiger partial charge < -0.3 is 9.47 Å². The van der Waals surface area contributed by atoms with Gasteiger partial charge in [-0.3, -0.25) is 4.90 Å². The fourth-order valence-electron chi connectivity index (χ4n) is 1.74. The van der Waals surface area contributed by atoms with Gasteiger partial charge in [0.15, 0.2) is 6.29 Å². The first-order valence-corrected chi connectivity index (χ1v) is 6.07. The lowest BCUT2D eigenvalue weighted by Gasteiger charge is -2.33. The average molecular weight is 203 g/mol. The van der Waals surface area contributed by atoms with Gasteiger partial charge in [0.1, 0.15) is 0 Å². The van der Waals surface area contributed by atoms with Gasteiger partial charge in [0, 0.05) is 30.6 Å². The molecule has 13 heavy (non-hydrogen) atoms. The second-order valence-corrected chi connectivity index (χ2v) is 4.74. The van der Waals surface area contributed by atoms with Crippen LogP contribution < -0.4 is 0 Å². The Morgan fingerprint density at radius 2 is 2.15 bits per heavy atom. The van der Waals surface area contributed by atoms with Crippen molar-refractivity contribution in [3.8, 4) is 0 Å². The molecule has 0 amide bonds.